The van der Waals surface area contributed by atoms with E-state index in [2.05, 4.69) is 15.9 Å². The molecule has 0 aromatic heterocycles. The molecule has 1 unspecified atom stereocenters. The van der Waals surface area contributed by atoms with E-state index in [0.717, 1.165) is 0 Å². The molecule has 0 heterocycles. The summed E-state index contributed by atoms with van der Waals surface area (Å²) in [5.74, 6) is 0.151. The van der Waals surface area contributed by atoms with Crippen LogP contribution >= 0.6 is 15.9 Å². The van der Waals surface area contributed by atoms with E-state index in [0.29, 0.717) is 13.2 Å². The summed E-state index contributed by atoms with van der Waals surface area (Å²) in [6.45, 7) is 7.05. The van der Waals surface area contributed by atoms with Gasteiger partial charge in [-0.1, -0.05) is 36.7 Å². The van der Waals surface area contributed by atoms with Crippen molar-refractivity contribution < 1.29 is 9.53 Å². The van der Waals surface area contributed by atoms with Gasteiger partial charge >= 0.3 is 0 Å². The van der Waals surface area contributed by atoms with Gasteiger partial charge in [0.25, 0.3) is 0 Å². The molecule has 0 fully saturated rings. The average Bonchev–Trinajstić information content (AvgIpc) is 2.01. The topological polar surface area (TPSA) is 29.5 Å². The van der Waals surface area contributed by atoms with E-state index < -0.39 is 0 Å². The summed E-state index contributed by atoms with van der Waals surface area (Å²) < 4.78 is 4.99. The molecule has 3 nitrogen and oxygen atoms in total. The highest BCUT2D eigenvalue weighted by Gasteiger charge is 2.25. The van der Waals surface area contributed by atoms with Gasteiger partial charge in [-0.25, -0.2) is 0 Å². The van der Waals surface area contributed by atoms with Crippen LogP contribution in [-0.4, -0.2) is 42.9 Å². The standard InChI is InChI=1S/C10H20BrNO2/c1-10(2,3)9(13)12(4)6-8(11)7-14-5/h8H,6-7H2,1-5H3. The van der Waals surface area contributed by atoms with Crippen LogP contribution in [0.2, 0.25) is 0 Å². The summed E-state index contributed by atoms with van der Waals surface area (Å²) in [6, 6.07) is 0. The first kappa shape index (κ1) is 13.9. The molecule has 0 aliphatic rings. The Morgan fingerprint density at radius 1 is 1.50 bits per heavy atom. The van der Waals surface area contributed by atoms with E-state index in [1.165, 1.54) is 0 Å². The molecule has 14 heavy (non-hydrogen) atoms. The van der Waals surface area contributed by atoms with Crippen LogP contribution in [0.4, 0.5) is 0 Å². The molecule has 1 amide bonds. The van der Waals surface area contributed by atoms with Crippen molar-refractivity contribution >= 4 is 21.8 Å². The largest absolute Gasteiger partial charge is 0.383 e. The minimum Gasteiger partial charge on any atom is -0.383 e. The summed E-state index contributed by atoms with van der Waals surface area (Å²) in [6.07, 6.45) is 0. The third kappa shape index (κ3) is 4.96. The third-order valence-electron chi connectivity index (χ3n) is 1.81. The van der Waals surface area contributed by atoms with E-state index in [1.54, 1.807) is 12.0 Å². The number of carbonyl (C=O) groups excluding carboxylic acids is 1. The number of rotatable bonds is 4. The first-order valence-corrected chi connectivity index (χ1v) is 5.59. The van der Waals surface area contributed by atoms with E-state index in [9.17, 15) is 4.79 Å². The number of ether oxygens (including phenoxy) is 1. The molecule has 0 bridgehead atoms. The maximum atomic E-state index is 11.8. The van der Waals surface area contributed by atoms with Gasteiger partial charge in [-0.2, -0.15) is 0 Å². The summed E-state index contributed by atoms with van der Waals surface area (Å²) in [5, 5.41) is 0. The second-order valence-electron chi connectivity index (χ2n) is 4.49. The predicted molar refractivity (Wildman–Crippen MR) is 61.7 cm³/mol. The van der Waals surface area contributed by atoms with Gasteiger partial charge in [0.15, 0.2) is 0 Å². The van der Waals surface area contributed by atoms with Crippen molar-refractivity contribution in [1.29, 1.82) is 0 Å². The van der Waals surface area contributed by atoms with Gasteiger partial charge < -0.3 is 9.64 Å². The van der Waals surface area contributed by atoms with Crippen molar-refractivity contribution in [3.05, 3.63) is 0 Å². The highest BCUT2D eigenvalue weighted by Crippen LogP contribution is 2.17. The van der Waals surface area contributed by atoms with Gasteiger partial charge in [-0.3, -0.25) is 4.79 Å². The average molecular weight is 266 g/mol. The Bertz CT molecular complexity index is 189. The molecule has 0 aliphatic carbocycles. The number of hydrogen-bond donors (Lipinski definition) is 0. The number of hydrogen-bond acceptors (Lipinski definition) is 2. The Labute approximate surface area is 94.9 Å². The SMILES string of the molecule is COCC(Br)CN(C)C(=O)C(C)(C)C. The first-order chi connectivity index (χ1) is 6.29. The van der Waals surface area contributed by atoms with Gasteiger partial charge in [-0.15, -0.1) is 0 Å². The fourth-order valence-electron chi connectivity index (χ4n) is 1.19. The van der Waals surface area contributed by atoms with E-state index in [-0.39, 0.29) is 16.1 Å². The van der Waals surface area contributed by atoms with Gasteiger partial charge in [0.1, 0.15) is 0 Å². The summed E-state index contributed by atoms with van der Waals surface area (Å²) >= 11 is 3.45. The quantitative estimate of drug-likeness (QED) is 0.727. The van der Waals surface area contributed by atoms with Crippen molar-refractivity contribution in [2.75, 3.05) is 27.3 Å². The normalized spacial score (nSPS) is 13.9. The number of halogens is 1. The lowest BCUT2D eigenvalue weighted by Crippen LogP contribution is -2.40. The van der Waals surface area contributed by atoms with Gasteiger partial charge in [0.2, 0.25) is 5.91 Å². The molecule has 0 radical (unpaired) electrons. The van der Waals surface area contributed by atoms with Crippen molar-refractivity contribution in [2.45, 2.75) is 25.6 Å². The number of alkyl halides is 1. The molecule has 1 atom stereocenters. The minimum atomic E-state index is -0.311. The molecular weight excluding hydrogens is 246 g/mol. The van der Waals surface area contributed by atoms with Gasteiger partial charge in [0.05, 0.1) is 11.4 Å². The Balaban J connectivity index is 4.08. The van der Waals surface area contributed by atoms with E-state index in [1.807, 2.05) is 27.8 Å². The zero-order valence-corrected chi connectivity index (χ0v) is 11.2. The zero-order valence-electron chi connectivity index (χ0n) is 9.63. The maximum Gasteiger partial charge on any atom is 0.227 e. The highest BCUT2D eigenvalue weighted by atomic mass is 79.9. The van der Waals surface area contributed by atoms with Gasteiger partial charge in [-0.05, 0) is 0 Å². The fourth-order valence-corrected chi connectivity index (χ4v) is 1.88. The number of nitrogens with zero attached hydrogens (tertiary/aromatic N) is 1. The molecule has 84 valence electrons. The molecule has 0 aromatic rings. The molecule has 0 aromatic carbocycles. The van der Waals surface area contributed by atoms with Crippen molar-refractivity contribution in [3.63, 3.8) is 0 Å². The minimum absolute atomic E-state index is 0.151. The Morgan fingerprint density at radius 3 is 2.36 bits per heavy atom. The Morgan fingerprint density at radius 2 is 2.00 bits per heavy atom. The third-order valence-corrected chi connectivity index (χ3v) is 2.36. The van der Waals surface area contributed by atoms with Crippen LogP contribution in [0.25, 0.3) is 0 Å². The number of carbonyl (C=O) groups is 1. The monoisotopic (exact) mass is 265 g/mol. The van der Waals surface area contributed by atoms with Crippen molar-refractivity contribution in [2.24, 2.45) is 5.41 Å². The van der Waals surface area contributed by atoms with Crippen LogP contribution in [0, 0.1) is 5.41 Å². The summed E-state index contributed by atoms with van der Waals surface area (Å²) in [7, 11) is 3.47. The van der Waals surface area contributed by atoms with Crippen LogP contribution in [-0.2, 0) is 9.53 Å². The van der Waals surface area contributed by atoms with Crippen LogP contribution < -0.4 is 0 Å². The Hall–Kier alpha value is -0.0900. The predicted octanol–water partition coefficient (Wildman–Crippen LogP) is 1.90. The fraction of sp³-hybridized carbons (Fsp3) is 0.900. The van der Waals surface area contributed by atoms with Crippen LogP contribution in [0.15, 0.2) is 0 Å². The lowest BCUT2D eigenvalue weighted by atomic mass is 9.95. The van der Waals surface area contributed by atoms with Gasteiger partial charge in [0, 0.05) is 26.1 Å². The van der Waals surface area contributed by atoms with E-state index >= 15 is 0 Å². The summed E-state index contributed by atoms with van der Waals surface area (Å²) in [4.78, 5) is 13.7. The molecule has 0 N–H and O–H groups in total. The Kier molecular flexibility index (Phi) is 5.67. The molecule has 0 rings (SSSR count). The van der Waals surface area contributed by atoms with Crippen molar-refractivity contribution in [3.8, 4) is 0 Å². The maximum absolute atomic E-state index is 11.8. The van der Waals surface area contributed by atoms with Crippen LogP contribution in [0.1, 0.15) is 20.8 Å². The van der Waals surface area contributed by atoms with Crippen LogP contribution in [0.3, 0.4) is 0 Å². The molecular formula is C10H20BrNO2. The van der Waals surface area contributed by atoms with Crippen LogP contribution in [0.5, 0.6) is 0 Å². The zero-order chi connectivity index (χ0) is 11.4. The lowest BCUT2D eigenvalue weighted by Gasteiger charge is -2.27. The molecule has 0 saturated heterocycles. The second-order valence-corrected chi connectivity index (χ2v) is 5.78. The molecule has 0 spiro atoms. The molecule has 4 heteroatoms. The number of methoxy groups -OCH3 is 1. The van der Waals surface area contributed by atoms with Crippen molar-refractivity contribution in [1.82, 2.24) is 4.90 Å². The van der Waals surface area contributed by atoms with E-state index in [4.69, 9.17) is 4.74 Å². The molecule has 0 aliphatic heterocycles. The number of amides is 1. The molecule has 0 saturated carbocycles. The highest BCUT2D eigenvalue weighted by molar-refractivity contribution is 9.09. The first-order valence-electron chi connectivity index (χ1n) is 4.67. The summed E-state index contributed by atoms with van der Waals surface area (Å²) in [5.41, 5.74) is -0.311. The smallest absolute Gasteiger partial charge is 0.227 e. The lowest BCUT2D eigenvalue weighted by molar-refractivity contribution is -0.138. The second kappa shape index (κ2) is 5.71.